The molecule has 1 aliphatic heterocycles. The number of hydrogen-bond acceptors (Lipinski definition) is 5. The highest BCUT2D eigenvalue weighted by molar-refractivity contribution is 5.89. The standard InChI is InChI=1S/C29H30N6O/c1-20(36)34-14-16-35(17-15-34)28-31-19-23-18-25(21-6-3-2-4-7-21)26(32-27(23)33-28)22-8-10-24(11-9-22)29(30)12-5-13-29/h2-4,6-11,18-19H,5,12-17,30H2,1H3/p+1. The predicted octanol–water partition coefficient (Wildman–Crippen LogP) is 3.78. The van der Waals surface area contributed by atoms with Gasteiger partial charge in [-0.3, -0.25) is 9.69 Å². The van der Waals surface area contributed by atoms with Crippen LogP contribution in [0.4, 0.5) is 5.95 Å². The average molecular weight is 480 g/mol. The van der Waals surface area contributed by atoms with Gasteiger partial charge in [0.2, 0.25) is 11.6 Å². The van der Waals surface area contributed by atoms with E-state index in [1.54, 1.807) is 6.92 Å². The van der Waals surface area contributed by atoms with Crippen LogP contribution in [0.15, 0.2) is 66.9 Å². The fourth-order valence-corrected chi connectivity index (χ4v) is 5.25. The zero-order valence-electron chi connectivity index (χ0n) is 20.6. The second-order valence-electron chi connectivity index (χ2n) is 9.97. The number of benzene rings is 2. The highest BCUT2D eigenvalue weighted by atomic mass is 16.2. The van der Waals surface area contributed by atoms with Crippen LogP contribution in [0.1, 0.15) is 31.7 Å². The zero-order chi connectivity index (χ0) is 24.7. The number of fused-ring (bicyclic) bond motifs is 1. The number of pyridine rings is 1. The van der Waals surface area contributed by atoms with Crippen molar-refractivity contribution < 1.29 is 9.78 Å². The molecule has 2 aliphatic rings. The van der Waals surface area contributed by atoms with Crippen LogP contribution in [-0.4, -0.2) is 47.0 Å². The number of nitrogens with zero attached hydrogens (tertiary/aromatic N) is 4. The summed E-state index contributed by atoms with van der Waals surface area (Å²) in [5, 5.41) is 0.954. The second kappa shape index (κ2) is 8.99. The molecule has 0 unspecified atom stereocenters. The first-order valence-electron chi connectivity index (χ1n) is 12.7. The van der Waals surface area contributed by atoms with Gasteiger partial charge in [-0.15, -0.1) is 0 Å². The summed E-state index contributed by atoms with van der Waals surface area (Å²) in [6.45, 7) is 4.50. The largest absolute Gasteiger partial charge is 0.393 e. The lowest BCUT2D eigenvalue weighted by molar-refractivity contribution is -0.366. The van der Waals surface area contributed by atoms with Crippen molar-refractivity contribution in [1.29, 1.82) is 0 Å². The Morgan fingerprint density at radius 2 is 1.67 bits per heavy atom. The van der Waals surface area contributed by atoms with Gasteiger partial charge in [0.15, 0.2) is 0 Å². The van der Waals surface area contributed by atoms with Gasteiger partial charge >= 0.3 is 5.95 Å². The molecule has 1 saturated heterocycles. The number of carbonyl (C=O) groups excluding carboxylic acids is 1. The molecule has 36 heavy (non-hydrogen) atoms. The van der Waals surface area contributed by atoms with Crippen LogP contribution in [0, 0.1) is 0 Å². The minimum atomic E-state index is -0.184. The molecular weight excluding hydrogens is 448 g/mol. The lowest BCUT2D eigenvalue weighted by atomic mass is 9.72. The topological polar surface area (TPSA) is 89.5 Å². The average Bonchev–Trinajstić information content (AvgIpc) is 2.91. The van der Waals surface area contributed by atoms with Gasteiger partial charge < -0.3 is 10.6 Å². The molecule has 3 N–H and O–H groups in total. The van der Waals surface area contributed by atoms with E-state index >= 15 is 0 Å². The Kier molecular flexibility index (Phi) is 5.64. The van der Waals surface area contributed by atoms with E-state index < -0.39 is 0 Å². The summed E-state index contributed by atoms with van der Waals surface area (Å²) in [5.41, 5.74) is 12.4. The Morgan fingerprint density at radius 1 is 0.944 bits per heavy atom. The third-order valence-corrected chi connectivity index (χ3v) is 7.69. The van der Waals surface area contributed by atoms with Crippen LogP contribution in [0.3, 0.4) is 0 Å². The minimum Gasteiger partial charge on any atom is -0.337 e. The highest BCUT2D eigenvalue weighted by Gasteiger charge is 2.34. The summed E-state index contributed by atoms with van der Waals surface area (Å²) < 4.78 is 0. The molecule has 0 bridgehead atoms. The molecule has 7 heteroatoms. The predicted molar refractivity (Wildman–Crippen MR) is 141 cm³/mol. The van der Waals surface area contributed by atoms with Crippen molar-refractivity contribution in [1.82, 2.24) is 14.9 Å². The molecule has 2 aromatic carbocycles. The number of H-pyrrole nitrogens is 1. The number of aromatic nitrogens is 3. The first kappa shape index (κ1) is 22.6. The maximum atomic E-state index is 11.7. The number of nitrogens with two attached hydrogens (primary N) is 1. The van der Waals surface area contributed by atoms with Crippen LogP contribution < -0.4 is 15.6 Å². The molecule has 2 aromatic heterocycles. The maximum Gasteiger partial charge on any atom is 0.393 e. The van der Waals surface area contributed by atoms with Crippen molar-refractivity contribution in [2.45, 2.75) is 31.7 Å². The van der Waals surface area contributed by atoms with Crippen molar-refractivity contribution in [3.05, 3.63) is 72.4 Å². The summed E-state index contributed by atoms with van der Waals surface area (Å²) in [5.74, 6) is 0.899. The smallest absolute Gasteiger partial charge is 0.337 e. The Morgan fingerprint density at radius 3 is 2.31 bits per heavy atom. The van der Waals surface area contributed by atoms with Gasteiger partial charge in [-0.05, 0) is 36.5 Å². The van der Waals surface area contributed by atoms with Crippen molar-refractivity contribution in [3.63, 3.8) is 0 Å². The van der Waals surface area contributed by atoms with Crippen LogP contribution in [0.2, 0.25) is 0 Å². The molecule has 3 heterocycles. The monoisotopic (exact) mass is 479 g/mol. The zero-order valence-corrected chi connectivity index (χ0v) is 20.6. The molecule has 0 atom stereocenters. The number of rotatable bonds is 4. The van der Waals surface area contributed by atoms with Crippen LogP contribution in [0.5, 0.6) is 0 Å². The van der Waals surface area contributed by atoms with Gasteiger partial charge in [0.1, 0.15) is 0 Å². The number of nitrogens with one attached hydrogen (secondary N) is 1. The molecule has 1 saturated carbocycles. The molecule has 4 aromatic rings. The minimum absolute atomic E-state index is 0.119. The van der Waals surface area contributed by atoms with E-state index in [0.29, 0.717) is 18.7 Å². The van der Waals surface area contributed by atoms with E-state index in [1.165, 1.54) is 12.0 Å². The fourth-order valence-electron chi connectivity index (χ4n) is 5.25. The number of anilines is 1. The molecule has 6 rings (SSSR count). The Labute approximate surface area is 211 Å². The van der Waals surface area contributed by atoms with Crippen LogP contribution in [-0.2, 0) is 10.3 Å². The first-order valence-corrected chi connectivity index (χ1v) is 12.7. The molecular formula is C29H31N6O+. The van der Waals surface area contributed by atoms with Gasteiger partial charge in [0.25, 0.3) is 0 Å². The lowest BCUT2D eigenvalue weighted by Crippen LogP contribution is -2.49. The van der Waals surface area contributed by atoms with E-state index in [2.05, 4.69) is 64.5 Å². The number of piperazine rings is 1. The van der Waals surface area contributed by atoms with E-state index in [1.807, 2.05) is 17.2 Å². The van der Waals surface area contributed by atoms with Crippen molar-refractivity contribution in [2.75, 3.05) is 31.1 Å². The van der Waals surface area contributed by atoms with Crippen molar-refractivity contribution in [3.8, 4) is 22.4 Å². The van der Waals surface area contributed by atoms with Crippen molar-refractivity contribution >= 4 is 22.9 Å². The normalized spacial score (nSPS) is 17.2. The third-order valence-electron chi connectivity index (χ3n) is 7.69. The summed E-state index contributed by atoms with van der Waals surface area (Å²) >= 11 is 0. The molecule has 0 spiro atoms. The van der Waals surface area contributed by atoms with Gasteiger partial charge in [-0.1, -0.05) is 59.6 Å². The van der Waals surface area contributed by atoms with Gasteiger partial charge in [-0.2, -0.15) is 0 Å². The Bertz CT molecular complexity index is 1410. The van der Waals surface area contributed by atoms with Crippen LogP contribution >= 0.6 is 0 Å². The summed E-state index contributed by atoms with van der Waals surface area (Å²) in [4.78, 5) is 29.1. The van der Waals surface area contributed by atoms with Gasteiger partial charge in [0.05, 0.1) is 43.5 Å². The molecule has 7 nitrogen and oxygen atoms in total. The van der Waals surface area contributed by atoms with E-state index in [0.717, 1.165) is 59.7 Å². The molecule has 2 fully saturated rings. The molecule has 1 amide bonds. The molecule has 0 radical (unpaired) electrons. The number of carbonyl (C=O) groups is 1. The number of amides is 1. The quantitative estimate of drug-likeness (QED) is 0.481. The van der Waals surface area contributed by atoms with Crippen molar-refractivity contribution in [2.24, 2.45) is 5.73 Å². The first-order chi connectivity index (χ1) is 17.5. The summed E-state index contributed by atoms with van der Waals surface area (Å²) in [6, 6.07) is 21.1. The van der Waals surface area contributed by atoms with Gasteiger partial charge in [0, 0.05) is 23.6 Å². The van der Waals surface area contributed by atoms with E-state index in [9.17, 15) is 4.79 Å². The van der Waals surface area contributed by atoms with Gasteiger partial charge in [-0.25, -0.2) is 9.97 Å². The molecule has 182 valence electrons. The molecule has 1 aliphatic carbocycles. The SMILES string of the molecule is CC(=O)N1CCN(c2nc3nc(-c4ccc(C5(N)CCC5)cc4)c(-c4ccccc4)cc3c[nH+]2)CC1. The highest BCUT2D eigenvalue weighted by Crippen LogP contribution is 2.40. The number of aromatic amines is 1. The summed E-state index contributed by atoms with van der Waals surface area (Å²) in [7, 11) is 0. The number of hydrogen-bond donors (Lipinski definition) is 1. The second-order valence-corrected chi connectivity index (χ2v) is 9.97. The van der Waals surface area contributed by atoms with E-state index in [-0.39, 0.29) is 11.4 Å². The lowest BCUT2D eigenvalue weighted by Gasteiger charge is -2.38. The Hall–Kier alpha value is -3.84. The van der Waals surface area contributed by atoms with Crippen LogP contribution in [0.25, 0.3) is 33.4 Å². The fraction of sp³-hybridized carbons (Fsp3) is 0.310. The summed E-state index contributed by atoms with van der Waals surface area (Å²) in [6.07, 6.45) is 5.26. The maximum absolute atomic E-state index is 11.7. The third kappa shape index (κ3) is 4.09. The Balaban J connectivity index is 1.40. The van der Waals surface area contributed by atoms with E-state index in [4.69, 9.17) is 15.7 Å².